The van der Waals surface area contributed by atoms with Gasteiger partial charge in [0.15, 0.2) is 0 Å². The second kappa shape index (κ2) is 5.92. The van der Waals surface area contributed by atoms with E-state index >= 15 is 0 Å². The number of hydrogen-bond acceptors (Lipinski definition) is 2. The third kappa shape index (κ3) is 7.06. The van der Waals surface area contributed by atoms with Crippen LogP contribution in [0, 0.1) is 0 Å². The van der Waals surface area contributed by atoms with E-state index in [4.69, 9.17) is 5.11 Å². The molecule has 1 atom stereocenters. The van der Waals surface area contributed by atoms with Crippen molar-refractivity contribution in [3.8, 4) is 0 Å². The van der Waals surface area contributed by atoms with Gasteiger partial charge in [0, 0.05) is 13.0 Å². The fraction of sp³-hybridized carbons (Fsp3) is 0.625. The molecule has 0 spiro atoms. The zero-order chi connectivity index (χ0) is 8.69. The van der Waals surface area contributed by atoms with Crippen LogP contribution in [0.2, 0.25) is 0 Å². The lowest BCUT2D eigenvalue weighted by atomic mass is 10.2. The van der Waals surface area contributed by atoms with E-state index in [-0.39, 0.29) is 5.91 Å². The molecule has 1 unspecified atom stereocenters. The van der Waals surface area contributed by atoms with E-state index < -0.39 is 6.10 Å². The number of hydrogen-bond donors (Lipinski definition) is 2. The zero-order valence-electron chi connectivity index (χ0n) is 6.84. The van der Waals surface area contributed by atoms with Gasteiger partial charge in [-0.3, -0.25) is 4.79 Å². The summed E-state index contributed by atoms with van der Waals surface area (Å²) in [4.78, 5) is 10.8. The second-order valence-electron chi connectivity index (χ2n) is 2.48. The van der Waals surface area contributed by atoms with Crippen molar-refractivity contribution < 1.29 is 9.90 Å². The van der Waals surface area contributed by atoms with Gasteiger partial charge in [0.1, 0.15) is 0 Å². The van der Waals surface area contributed by atoms with Gasteiger partial charge in [-0.2, -0.15) is 0 Å². The molecule has 0 heterocycles. The van der Waals surface area contributed by atoms with Crippen LogP contribution < -0.4 is 5.32 Å². The Morgan fingerprint density at radius 2 is 2.45 bits per heavy atom. The molecule has 0 aromatic rings. The van der Waals surface area contributed by atoms with Crippen molar-refractivity contribution in [1.82, 2.24) is 5.32 Å². The predicted octanol–water partition coefficient (Wildman–Crippen LogP) is 0.450. The minimum atomic E-state index is -0.399. The van der Waals surface area contributed by atoms with Gasteiger partial charge in [-0.05, 0) is 13.3 Å². The van der Waals surface area contributed by atoms with Crippen LogP contribution >= 0.6 is 0 Å². The van der Waals surface area contributed by atoms with Crippen LogP contribution in [0.4, 0.5) is 0 Å². The fourth-order valence-electron chi connectivity index (χ4n) is 0.614. The van der Waals surface area contributed by atoms with Gasteiger partial charge in [0.2, 0.25) is 5.91 Å². The minimum absolute atomic E-state index is 0.0363. The average molecular weight is 157 g/mol. The van der Waals surface area contributed by atoms with Gasteiger partial charge < -0.3 is 10.4 Å². The Morgan fingerprint density at radius 3 is 2.91 bits per heavy atom. The molecule has 2 N–H and O–H groups in total. The normalized spacial score (nSPS) is 12.2. The van der Waals surface area contributed by atoms with Crippen LogP contribution in [0.15, 0.2) is 12.7 Å². The van der Waals surface area contributed by atoms with Crippen molar-refractivity contribution in [2.45, 2.75) is 25.9 Å². The molecule has 11 heavy (non-hydrogen) atoms. The summed E-state index contributed by atoms with van der Waals surface area (Å²) in [5.41, 5.74) is 0. The Hall–Kier alpha value is -0.830. The van der Waals surface area contributed by atoms with Crippen molar-refractivity contribution in [3.05, 3.63) is 12.7 Å². The van der Waals surface area contributed by atoms with E-state index in [9.17, 15) is 4.79 Å². The average Bonchev–Trinajstić information content (AvgIpc) is 1.97. The third-order valence-corrected chi connectivity index (χ3v) is 1.23. The third-order valence-electron chi connectivity index (χ3n) is 1.23. The molecule has 0 saturated carbocycles. The quantitative estimate of drug-likeness (QED) is 0.569. The maximum Gasteiger partial charge on any atom is 0.220 e. The number of carbonyl (C=O) groups is 1. The Balaban J connectivity index is 3.29. The summed E-state index contributed by atoms with van der Waals surface area (Å²) < 4.78 is 0. The summed E-state index contributed by atoms with van der Waals surface area (Å²) >= 11 is 0. The monoisotopic (exact) mass is 157 g/mol. The van der Waals surface area contributed by atoms with Crippen LogP contribution in [0.5, 0.6) is 0 Å². The number of amides is 1. The molecule has 3 heteroatoms. The van der Waals surface area contributed by atoms with Gasteiger partial charge >= 0.3 is 0 Å². The van der Waals surface area contributed by atoms with Crippen LogP contribution in [0.25, 0.3) is 0 Å². The molecule has 0 fully saturated rings. The summed E-state index contributed by atoms with van der Waals surface area (Å²) in [7, 11) is 0. The Bertz CT molecular complexity index is 132. The highest BCUT2D eigenvalue weighted by Gasteiger charge is 2.01. The van der Waals surface area contributed by atoms with E-state index in [1.54, 1.807) is 13.0 Å². The summed E-state index contributed by atoms with van der Waals surface area (Å²) in [5, 5.41) is 11.4. The largest absolute Gasteiger partial charge is 0.393 e. The first-order valence-electron chi connectivity index (χ1n) is 3.72. The Labute approximate surface area is 67.1 Å². The maximum atomic E-state index is 10.8. The maximum absolute atomic E-state index is 10.8. The highest BCUT2D eigenvalue weighted by Crippen LogP contribution is 1.94. The number of carbonyl (C=O) groups excluding carboxylic acids is 1. The molecule has 3 nitrogen and oxygen atoms in total. The molecule has 0 aliphatic heterocycles. The first-order chi connectivity index (χ1) is 5.16. The van der Waals surface area contributed by atoms with E-state index in [1.807, 2.05) is 0 Å². The Morgan fingerprint density at radius 1 is 1.82 bits per heavy atom. The van der Waals surface area contributed by atoms with Gasteiger partial charge in [-0.1, -0.05) is 6.08 Å². The second-order valence-corrected chi connectivity index (χ2v) is 2.48. The number of nitrogens with one attached hydrogen (secondary N) is 1. The summed E-state index contributed by atoms with van der Waals surface area (Å²) in [6, 6.07) is 0. The molecule has 0 bridgehead atoms. The van der Waals surface area contributed by atoms with E-state index in [1.165, 1.54) is 0 Å². The molecule has 0 aliphatic carbocycles. The molecule has 64 valence electrons. The zero-order valence-corrected chi connectivity index (χ0v) is 6.84. The molecule has 0 aromatic heterocycles. The molecule has 0 aromatic carbocycles. The first kappa shape index (κ1) is 10.2. The Kier molecular flexibility index (Phi) is 5.47. The first-order valence-corrected chi connectivity index (χ1v) is 3.72. The molecule has 0 rings (SSSR count). The van der Waals surface area contributed by atoms with Crippen LogP contribution in [0.3, 0.4) is 0 Å². The van der Waals surface area contributed by atoms with Gasteiger partial charge in [0.25, 0.3) is 0 Å². The molecule has 0 aliphatic rings. The molecular formula is C8H15NO2. The fourth-order valence-corrected chi connectivity index (χ4v) is 0.614. The molecule has 0 radical (unpaired) electrons. The van der Waals surface area contributed by atoms with E-state index in [0.29, 0.717) is 19.4 Å². The standard InChI is InChI=1S/C8H15NO2/c1-3-6-9-8(11)5-4-7(2)10/h3,7,10H,1,4-6H2,2H3,(H,9,11). The lowest BCUT2D eigenvalue weighted by Crippen LogP contribution is -2.23. The topological polar surface area (TPSA) is 49.3 Å². The van der Waals surface area contributed by atoms with Crippen molar-refractivity contribution in [2.75, 3.05) is 6.54 Å². The van der Waals surface area contributed by atoms with Crippen molar-refractivity contribution in [1.29, 1.82) is 0 Å². The van der Waals surface area contributed by atoms with Crippen LogP contribution in [0.1, 0.15) is 19.8 Å². The van der Waals surface area contributed by atoms with Crippen LogP contribution in [-0.2, 0) is 4.79 Å². The summed E-state index contributed by atoms with van der Waals surface area (Å²) in [5.74, 6) is -0.0363. The van der Waals surface area contributed by atoms with Crippen molar-refractivity contribution in [2.24, 2.45) is 0 Å². The van der Waals surface area contributed by atoms with Crippen LogP contribution in [-0.4, -0.2) is 23.7 Å². The molecule has 1 amide bonds. The molecular weight excluding hydrogens is 142 g/mol. The van der Waals surface area contributed by atoms with Gasteiger partial charge in [0.05, 0.1) is 6.10 Å². The number of aliphatic hydroxyl groups is 1. The van der Waals surface area contributed by atoms with Gasteiger partial charge in [-0.15, -0.1) is 6.58 Å². The van der Waals surface area contributed by atoms with E-state index in [2.05, 4.69) is 11.9 Å². The van der Waals surface area contributed by atoms with E-state index in [0.717, 1.165) is 0 Å². The predicted molar refractivity (Wildman–Crippen MR) is 44.1 cm³/mol. The highest BCUT2D eigenvalue weighted by molar-refractivity contribution is 5.75. The number of aliphatic hydroxyl groups excluding tert-OH is 1. The minimum Gasteiger partial charge on any atom is -0.393 e. The summed E-state index contributed by atoms with van der Waals surface area (Å²) in [6.45, 7) is 5.63. The highest BCUT2D eigenvalue weighted by atomic mass is 16.3. The lowest BCUT2D eigenvalue weighted by molar-refractivity contribution is -0.121. The molecule has 0 saturated heterocycles. The number of rotatable bonds is 5. The summed E-state index contributed by atoms with van der Waals surface area (Å²) in [6.07, 6.45) is 2.12. The SMILES string of the molecule is C=CCNC(=O)CCC(C)O. The van der Waals surface area contributed by atoms with Crippen molar-refractivity contribution in [3.63, 3.8) is 0 Å². The smallest absolute Gasteiger partial charge is 0.220 e. The lowest BCUT2D eigenvalue weighted by Gasteiger charge is -2.03. The van der Waals surface area contributed by atoms with Gasteiger partial charge in [-0.25, -0.2) is 0 Å². The van der Waals surface area contributed by atoms with Crippen molar-refractivity contribution >= 4 is 5.91 Å².